The number of hydrogen-bond acceptors (Lipinski definition) is 5. The van der Waals surface area contributed by atoms with Crippen LogP contribution in [0.15, 0.2) is 0 Å². The van der Waals surface area contributed by atoms with Crippen LogP contribution in [0.2, 0.25) is 0 Å². The molecule has 0 aromatic heterocycles. The predicted octanol–water partition coefficient (Wildman–Crippen LogP) is -0.314. The van der Waals surface area contributed by atoms with Gasteiger partial charge in [0.15, 0.2) is 0 Å². The van der Waals surface area contributed by atoms with Crippen molar-refractivity contribution in [3.63, 3.8) is 0 Å². The van der Waals surface area contributed by atoms with E-state index in [9.17, 15) is 9.59 Å². The Labute approximate surface area is 87.9 Å². The zero-order chi connectivity index (χ0) is 11.2. The Morgan fingerprint density at radius 1 is 1.33 bits per heavy atom. The fourth-order valence-electron chi connectivity index (χ4n) is 3.00. The van der Waals surface area contributed by atoms with E-state index in [0.717, 1.165) is 6.42 Å². The number of carbonyl (C=O) groups excluding carboxylic acids is 2. The maximum absolute atomic E-state index is 11.5. The monoisotopic (exact) mass is 213 g/mol. The first-order valence-corrected chi connectivity index (χ1v) is 4.99. The zero-order valence-electron chi connectivity index (χ0n) is 8.86. The van der Waals surface area contributed by atoms with E-state index in [1.54, 1.807) is 0 Å². The van der Waals surface area contributed by atoms with E-state index in [-0.39, 0.29) is 23.7 Å². The molecule has 0 aromatic carbocycles. The van der Waals surface area contributed by atoms with Crippen molar-refractivity contribution < 1.29 is 19.1 Å². The Morgan fingerprint density at radius 3 is 2.53 bits per heavy atom. The molecule has 3 rings (SSSR count). The van der Waals surface area contributed by atoms with E-state index in [4.69, 9.17) is 10.5 Å². The maximum Gasteiger partial charge on any atom is 0.326 e. The second-order valence-corrected chi connectivity index (χ2v) is 4.39. The summed E-state index contributed by atoms with van der Waals surface area (Å²) in [6.07, 6.45) is 1.36. The lowest BCUT2D eigenvalue weighted by atomic mass is 9.69. The number of carbonyl (C=O) groups is 2. The van der Waals surface area contributed by atoms with Crippen LogP contribution in [0.4, 0.5) is 0 Å². The van der Waals surface area contributed by atoms with Crippen LogP contribution < -0.4 is 5.73 Å². The Bertz CT molecular complexity index is 317. The highest BCUT2D eigenvalue weighted by atomic mass is 16.5. The van der Waals surface area contributed by atoms with Crippen LogP contribution in [0.3, 0.4) is 0 Å². The highest BCUT2D eigenvalue weighted by Crippen LogP contribution is 2.58. The lowest BCUT2D eigenvalue weighted by Gasteiger charge is -2.36. The van der Waals surface area contributed by atoms with Crippen molar-refractivity contribution in [1.29, 1.82) is 0 Å². The van der Waals surface area contributed by atoms with Crippen LogP contribution in [0.5, 0.6) is 0 Å². The molecule has 3 aliphatic rings. The van der Waals surface area contributed by atoms with Crippen molar-refractivity contribution in [2.75, 3.05) is 14.2 Å². The molecular formula is C10H15NO4. The van der Waals surface area contributed by atoms with Crippen molar-refractivity contribution in [3.8, 4) is 0 Å². The smallest absolute Gasteiger partial charge is 0.326 e. The predicted molar refractivity (Wildman–Crippen MR) is 50.7 cm³/mol. The zero-order valence-corrected chi connectivity index (χ0v) is 8.86. The van der Waals surface area contributed by atoms with Gasteiger partial charge in [-0.2, -0.15) is 0 Å². The number of rotatable bonds is 2. The molecule has 0 radical (unpaired) electrons. The van der Waals surface area contributed by atoms with Gasteiger partial charge in [0, 0.05) is 5.92 Å². The number of methoxy groups -OCH3 is 2. The van der Waals surface area contributed by atoms with E-state index in [1.807, 2.05) is 0 Å². The van der Waals surface area contributed by atoms with Crippen molar-refractivity contribution in [2.45, 2.75) is 18.4 Å². The van der Waals surface area contributed by atoms with Crippen LogP contribution >= 0.6 is 0 Å². The summed E-state index contributed by atoms with van der Waals surface area (Å²) in [5.41, 5.74) is 5.02. The number of fused-ring (bicyclic) bond motifs is 1. The summed E-state index contributed by atoms with van der Waals surface area (Å²) in [7, 11) is 2.68. The topological polar surface area (TPSA) is 78.6 Å². The van der Waals surface area contributed by atoms with Crippen LogP contribution in [-0.2, 0) is 19.1 Å². The molecule has 0 saturated heterocycles. The first-order valence-electron chi connectivity index (χ1n) is 4.99. The summed E-state index contributed by atoms with van der Waals surface area (Å²) >= 11 is 0. The molecule has 3 fully saturated rings. The van der Waals surface area contributed by atoms with Gasteiger partial charge in [0.25, 0.3) is 0 Å². The largest absolute Gasteiger partial charge is 0.469 e. The molecule has 2 bridgehead atoms. The summed E-state index contributed by atoms with van der Waals surface area (Å²) < 4.78 is 9.37. The highest BCUT2D eigenvalue weighted by Gasteiger charge is 2.66. The Balaban J connectivity index is 2.16. The van der Waals surface area contributed by atoms with Gasteiger partial charge >= 0.3 is 11.9 Å². The third kappa shape index (κ3) is 1.19. The Kier molecular flexibility index (Phi) is 2.22. The minimum Gasteiger partial charge on any atom is -0.469 e. The minimum absolute atomic E-state index is 0.109. The van der Waals surface area contributed by atoms with Gasteiger partial charge < -0.3 is 15.2 Å². The van der Waals surface area contributed by atoms with Gasteiger partial charge in [-0.25, -0.2) is 0 Å². The molecule has 3 saturated carbocycles. The lowest BCUT2D eigenvalue weighted by Crippen LogP contribution is -2.53. The summed E-state index contributed by atoms with van der Waals surface area (Å²) in [6.45, 7) is 0. The van der Waals surface area contributed by atoms with Crippen molar-refractivity contribution in [3.05, 3.63) is 0 Å². The second kappa shape index (κ2) is 3.20. The molecule has 0 aliphatic heterocycles. The number of nitrogens with two attached hydrogens (primary N) is 1. The van der Waals surface area contributed by atoms with Crippen molar-refractivity contribution in [1.82, 2.24) is 0 Å². The van der Waals surface area contributed by atoms with Crippen LogP contribution in [0, 0.1) is 17.8 Å². The number of esters is 2. The van der Waals surface area contributed by atoms with E-state index in [1.165, 1.54) is 14.2 Å². The normalized spacial score (nSPS) is 41.9. The van der Waals surface area contributed by atoms with Gasteiger partial charge in [0.1, 0.15) is 5.54 Å². The van der Waals surface area contributed by atoms with E-state index in [0.29, 0.717) is 6.42 Å². The molecule has 0 heterocycles. The van der Waals surface area contributed by atoms with Crippen LogP contribution in [0.25, 0.3) is 0 Å². The summed E-state index contributed by atoms with van der Waals surface area (Å²) in [6, 6.07) is 0. The van der Waals surface area contributed by atoms with E-state index >= 15 is 0 Å². The fourth-order valence-corrected chi connectivity index (χ4v) is 3.00. The lowest BCUT2D eigenvalue weighted by molar-refractivity contribution is -0.156. The molecular weight excluding hydrogens is 198 g/mol. The Hall–Kier alpha value is -1.10. The molecule has 5 heteroatoms. The Morgan fingerprint density at radius 2 is 2.00 bits per heavy atom. The van der Waals surface area contributed by atoms with Crippen molar-refractivity contribution >= 4 is 11.9 Å². The molecule has 15 heavy (non-hydrogen) atoms. The molecule has 3 aliphatic carbocycles. The third-order valence-corrected chi connectivity index (χ3v) is 3.80. The standard InChI is InChI=1S/C10H15NO4/c1-14-8(12)7-5-3-6(7)10(11,4-5)9(13)15-2/h5-7H,3-4,11H2,1-2H3/t5-,6-,7-,10-/m0/s1. The fraction of sp³-hybridized carbons (Fsp3) is 0.800. The molecule has 0 unspecified atom stereocenters. The summed E-state index contributed by atoms with van der Waals surface area (Å²) in [5, 5.41) is 0. The number of hydrogen-bond donors (Lipinski definition) is 1. The van der Waals surface area contributed by atoms with Crippen molar-refractivity contribution in [2.24, 2.45) is 23.5 Å². The quantitative estimate of drug-likeness (QED) is 0.636. The molecule has 84 valence electrons. The van der Waals surface area contributed by atoms with Gasteiger partial charge in [0.2, 0.25) is 0 Å². The van der Waals surface area contributed by atoms with Crippen LogP contribution in [0.1, 0.15) is 12.8 Å². The molecule has 0 aromatic rings. The molecule has 0 amide bonds. The first-order chi connectivity index (χ1) is 7.04. The van der Waals surface area contributed by atoms with Gasteiger partial charge in [-0.05, 0) is 18.8 Å². The minimum atomic E-state index is -0.974. The molecule has 5 nitrogen and oxygen atoms in total. The summed E-state index contributed by atoms with van der Waals surface area (Å²) in [4.78, 5) is 23.0. The van der Waals surface area contributed by atoms with E-state index in [2.05, 4.69) is 4.74 Å². The maximum atomic E-state index is 11.5. The van der Waals surface area contributed by atoms with Gasteiger partial charge in [-0.1, -0.05) is 0 Å². The second-order valence-electron chi connectivity index (χ2n) is 4.39. The summed E-state index contributed by atoms with van der Waals surface area (Å²) in [5.74, 6) is -0.804. The van der Waals surface area contributed by atoms with Gasteiger partial charge in [-0.15, -0.1) is 0 Å². The SMILES string of the molecule is COC(=O)[C@H]1[C@H]2C[C@@H]1[C@](N)(C(=O)OC)C2. The first kappa shape index (κ1) is 10.4. The highest BCUT2D eigenvalue weighted by molar-refractivity contribution is 5.86. The molecule has 0 spiro atoms. The molecule has 2 N–H and O–H groups in total. The van der Waals surface area contributed by atoms with Gasteiger partial charge in [0.05, 0.1) is 20.1 Å². The molecule has 4 atom stereocenters. The van der Waals surface area contributed by atoms with Gasteiger partial charge in [-0.3, -0.25) is 9.59 Å². The third-order valence-electron chi connectivity index (χ3n) is 3.80. The van der Waals surface area contributed by atoms with E-state index < -0.39 is 11.5 Å². The van der Waals surface area contributed by atoms with Crippen LogP contribution in [-0.4, -0.2) is 31.7 Å². The number of ether oxygens (including phenoxy) is 2. The average molecular weight is 213 g/mol. The average Bonchev–Trinajstić information content (AvgIpc) is 2.69.